The summed E-state index contributed by atoms with van der Waals surface area (Å²) < 4.78 is 0. The van der Waals surface area contributed by atoms with Gasteiger partial charge >= 0.3 is 12.0 Å². The van der Waals surface area contributed by atoms with Crippen LogP contribution in [0.4, 0.5) is 4.79 Å². The van der Waals surface area contributed by atoms with Crippen LogP contribution in [0.2, 0.25) is 0 Å². The van der Waals surface area contributed by atoms with Crippen molar-refractivity contribution in [2.24, 2.45) is 0 Å². The normalized spacial score (nSPS) is 27.3. The molecule has 2 aliphatic rings. The van der Waals surface area contributed by atoms with Gasteiger partial charge < -0.3 is 20.0 Å². The van der Waals surface area contributed by atoms with Crippen molar-refractivity contribution in [3.05, 3.63) is 0 Å². The minimum Gasteiger partial charge on any atom is -0.480 e. The van der Waals surface area contributed by atoms with Crippen LogP contribution in [-0.2, 0) is 4.79 Å². The highest BCUT2D eigenvalue weighted by atomic mass is 16.4. The molecule has 102 valence electrons. The van der Waals surface area contributed by atoms with E-state index in [1.54, 1.807) is 11.8 Å². The molecule has 0 bridgehead atoms. The number of amides is 2. The molecule has 2 aliphatic heterocycles. The van der Waals surface area contributed by atoms with Crippen molar-refractivity contribution in [2.75, 3.05) is 19.6 Å². The van der Waals surface area contributed by atoms with E-state index in [2.05, 4.69) is 0 Å². The van der Waals surface area contributed by atoms with E-state index in [1.165, 1.54) is 4.90 Å². The minimum absolute atomic E-state index is 0.199. The van der Waals surface area contributed by atoms with Crippen molar-refractivity contribution in [1.29, 1.82) is 0 Å². The first-order chi connectivity index (χ1) is 8.41. The summed E-state index contributed by atoms with van der Waals surface area (Å²) in [6.45, 7) is 3.27. The Bertz CT molecular complexity index is 346. The average Bonchev–Trinajstić information content (AvgIpc) is 2.77. The number of aliphatic hydroxyl groups is 1. The Labute approximate surface area is 106 Å². The van der Waals surface area contributed by atoms with Gasteiger partial charge in [0.15, 0.2) is 0 Å². The maximum absolute atomic E-state index is 12.2. The molecule has 0 spiro atoms. The van der Waals surface area contributed by atoms with Gasteiger partial charge in [-0.15, -0.1) is 0 Å². The zero-order valence-corrected chi connectivity index (χ0v) is 10.6. The molecule has 2 amide bonds. The van der Waals surface area contributed by atoms with Gasteiger partial charge in [-0.3, -0.25) is 0 Å². The Morgan fingerprint density at radius 3 is 2.39 bits per heavy atom. The third-order valence-corrected chi connectivity index (χ3v) is 3.89. The van der Waals surface area contributed by atoms with E-state index in [9.17, 15) is 14.7 Å². The van der Waals surface area contributed by atoms with Crippen molar-refractivity contribution in [3.63, 3.8) is 0 Å². The van der Waals surface area contributed by atoms with Gasteiger partial charge in [0.1, 0.15) is 6.04 Å². The fraction of sp³-hybridized carbons (Fsp3) is 0.833. The lowest BCUT2D eigenvalue weighted by Gasteiger charge is -2.38. The second-order valence-corrected chi connectivity index (χ2v) is 5.46. The van der Waals surface area contributed by atoms with Gasteiger partial charge in [-0.2, -0.15) is 0 Å². The van der Waals surface area contributed by atoms with Crippen LogP contribution in [0, 0.1) is 0 Å². The number of carboxylic acid groups (broad SMARTS) is 1. The van der Waals surface area contributed by atoms with E-state index in [0.717, 1.165) is 6.42 Å². The number of carboxylic acids is 1. The lowest BCUT2D eigenvalue weighted by atomic mass is 9.94. The molecule has 2 saturated heterocycles. The Kier molecular flexibility index (Phi) is 3.47. The summed E-state index contributed by atoms with van der Waals surface area (Å²) in [5.74, 6) is -0.926. The van der Waals surface area contributed by atoms with Crippen molar-refractivity contribution in [3.8, 4) is 0 Å². The van der Waals surface area contributed by atoms with Crippen molar-refractivity contribution >= 4 is 12.0 Å². The first-order valence-corrected chi connectivity index (χ1v) is 6.41. The Balaban J connectivity index is 1.97. The molecule has 0 aromatic carbocycles. The van der Waals surface area contributed by atoms with Crippen LogP contribution in [-0.4, -0.2) is 63.3 Å². The highest BCUT2D eigenvalue weighted by Crippen LogP contribution is 2.25. The molecule has 0 aromatic rings. The summed E-state index contributed by atoms with van der Waals surface area (Å²) in [5, 5.41) is 18.9. The molecular formula is C12H20N2O4. The number of hydrogen-bond acceptors (Lipinski definition) is 3. The second-order valence-electron chi connectivity index (χ2n) is 5.46. The summed E-state index contributed by atoms with van der Waals surface area (Å²) in [7, 11) is 0. The number of carbonyl (C=O) groups is 2. The number of urea groups is 1. The molecule has 2 rings (SSSR count). The average molecular weight is 256 g/mol. The van der Waals surface area contributed by atoms with E-state index in [0.29, 0.717) is 38.9 Å². The predicted octanol–water partition coefficient (Wildman–Crippen LogP) is 0.502. The first kappa shape index (κ1) is 13.1. The predicted molar refractivity (Wildman–Crippen MR) is 64.2 cm³/mol. The summed E-state index contributed by atoms with van der Waals surface area (Å²) >= 11 is 0. The Morgan fingerprint density at radius 2 is 1.83 bits per heavy atom. The van der Waals surface area contributed by atoms with Gasteiger partial charge in [0.25, 0.3) is 0 Å². The number of hydrogen-bond donors (Lipinski definition) is 2. The molecule has 0 aromatic heterocycles. The molecule has 1 atom stereocenters. The van der Waals surface area contributed by atoms with Gasteiger partial charge in [-0.1, -0.05) is 0 Å². The zero-order valence-electron chi connectivity index (χ0n) is 10.6. The van der Waals surface area contributed by atoms with Gasteiger partial charge in [0.05, 0.1) is 5.60 Å². The highest BCUT2D eigenvalue weighted by Gasteiger charge is 2.38. The minimum atomic E-state index is -0.926. The van der Waals surface area contributed by atoms with Crippen molar-refractivity contribution in [2.45, 2.75) is 44.2 Å². The van der Waals surface area contributed by atoms with E-state index >= 15 is 0 Å². The summed E-state index contributed by atoms with van der Waals surface area (Å²) in [4.78, 5) is 26.4. The number of nitrogens with zero attached hydrogens (tertiary/aromatic N) is 2. The zero-order chi connectivity index (χ0) is 13.3. The van der Waals surface area contributed by atoms with Crippen molar-refractivity contribution in [1.82, 2.24) is 9.80 Å². The van der Waals surface area contributed by atoms with Crippen LogP contribution in [0.3, 0.4) is 0 Å². The number of carbonyl (C=O) groups excluding carboxylic acids is 1. The van der Waals surface area contributed by atoms with E-state index in [4.69, 9.17) is 5.11 Å². The topological polar surface area (TPSA) is 81.1 Å². The Hall–Kier alpha value is -1.30. The van der Waals surface area contributed by atoms with Gasteiger partial charge in [-0.05, 0) is 32.6 Å². The lowest BCUT2D eigenvalue weighted by Crippen LogP contribution is -2.52. The summed E-state index contributed by atoms with van der Waals surface area (Å²) in [6, 6.07) is -0.879. The third kappa shape index (κ3) is 2.58. The van der Waals surface area contributed by atoms with E-state index in [1.807, 2.05) is 0 Å². The summed E-state index contributed by atoms with van der Waals surface area (Å²) in [6.07, 6.45) is 2.37. The quantitative estimate of drug-likeness (QED) is 0.716. The van der Waals surface area contributed by atoms with Gasteiger partial charge in [-0.25, -0.2) is 9.59 Å². The molecule has 2 N–H and O–H groups in total. The van der Waals surface area contributed by atoms with Crippen molar-refractivity contribution < 1.29 is 19.8 Å². The van der Waals surface area contributed by atoms with E-state index in [-0.39, 0.29) is 6.03 Å². The van der Waals surface area contributed by atoms with Crippen LogP contribution < -0.4 is 0 Å². The molecule has 0 aliphatic carbocycles. The maximum Gasteiger partial charge on any atom is 0.326 e. The van der Waals surface area contributed by atoms with Gasteiger partial charge in [0, 0.05) is 19.6 Å². The Morgan fingerprint density at radius 1 is 1.22 bits per heavy atom. The molecule has 0 unspecified atom stereocenters. The number of aliphatic carboxylic acids is 1. The van der Waals surface area contributed by atoms with Crippen LogP contribution in [0.25, 0.3) is 0 Å². The SMILES string of the molecule is CC1(O)CCN(C(=O)N2CCC[C@@H]2C(=O)O)CC1. The van der Waals surface area contributed by atoms with Gasteiger partial charge in [0.2, 0.25) is 0 Å². The second kappa shape index (κ2) is 4.76. The van der Waals surface area contributed by atoms with Crippen LogP contribution in [0.1, 0.15) is 32.6 Å². The van der Waals surface area contributed by atoms with Crippen LogP contribution in [0.5, 0.6) is 0 Å². The largest absolute Gasteiger partial charge is 0.480 e. The smallest absolute Gasteiger partial charge is 0.326 e. The molecule has 0 radical (unpaired) electrons. The molecule has 18 heavy (non-hydrogen) atoms. The number of rotatable bonds is 1. The third-order valence-electron chi connectivity index (χ3n) is 3.89. The lowest BCUT2D eigenvalue weighted by molar-refractivity contribution is -0.141. The standard InChI is InChI=1S/C12H20N2O4/c1-12(18)4-7-13(8-5-12)11(17)14-6-2-3-9(14)10(15)16/h9,18H,2-8H2,1H3,(H,15,16)/t9-/m1/s1. The summed E-state index contributed by atoms with van der Waals surface area (Å²) in [5.41, 5.74) is -0.700. The molecular weight excluding hydrogens is 236 g/mol. The number of likely N-dealkylation sites (tertiary alicyclic amines) is 2. The fourth-order valence-electron chi connectivity index (χ4n) is 2.61. The maximum atomic E-state index is 12.2. The number of piperidine rings is 1. The fourth-order valence-corrected chi connectivity index (χ4v) is 2.61. The molecule has 0 saturated carbocycles. The highest BCUT2D eigenvalue weighted by molar-refractivity contribution is 5.83. The molecule has 2 heterocycles. The van der Waals surface area contributed by atoms with E-state index < -0.39 is 17.6 Å². The van der Waals surface area contributed by atoms with Crippen LogP contribution >= 0.6 is 0 Å². The molecule has 6 heteroatoms. The van der Waals surface area contributed by atoms with Crippen LogP contribution in [0.15, 0.2) is 0 Å². The molecule has 6 nitrogen and oxygen atoms in total. The molecule has 2 fully saturated rings. The first-order valence-electron chi connectivity index (χ1n) is 6.41. The monoisotopic (exact) mass is 256 g/mol.